The minimum atomic E-state index is -3.79. The number of amides is 1. The number of nitrogens with one attached hydrogen (secondary N) is 1. The van der Waals surface area contributed by atoms with Crippen LogP contribution in [0.3, 0.4) is 0 Å². The van der Waals surface area contributed by atoms with Crippen LogP contribution in [0.5, 0.6) is 0 Å². The molecule has 0 radical (unpaired) electrons. The molecule has 148 valence electrons. The van der Waals surface area contributed by atoms with Crippen LogP contribution in [0.25, 0.3) is 16.2 Å². The Morgan fingerprint density at radius 1 is 1.14 bits per heavy atom. The number of thiazole rings is 1. The van der Waals surface area contributed by atoms with Crippen LogP contribution in [0, 0.1) is 12.7 Å². The van der Waals surface area contributed by atoms with Crippen molar-refractivity contribution in [1.29, 1.82) is 0 Å². The van der Waals surface area contributed by atoms with E-state index in [1.54, 1.807) is 25.3 Å². The summed E-state index contributed by atoms with van der Waals surface area (Å²) >= 11 is 1.23. The highest BCUT2D eigenvalue weighted by Gasteiger charge is 2.18. The molecule has 4 rings (SSSR count). The number of sulfonamides is 1. The Morgan fingerprint density at radius 2 is 1.79 bits per heavy atom. The van der Waals surface area contributed by atoms with Crippen LogP contribution in [-0.4, -0.2) is 23.7 Å². The number of carbonyl (C=O) groups is 1. The fraction of sp³-hybridized carbons (Fsp3) is 0.0526. The second kappa shape index (κ2) is 7.07. The van der Waals surface area contributed by atoms with Crippen molar-refractivity contribution in [2.24, 2.45) is 5.14 Å². The molecule has 2 heterocycles. The summed E-state index contributed by atoms with van der Waals surface area (Å²) < 4.78 is 37.5. The van der Waals surface area contributed by atoms with E-state index in [9.17, 15) is 17.6 Å². The van der Waals surface area contributed by atoms with Gasteiger partial charge in [0.05, 0.1) is 10.6 Å². The molecule has 7 nitrogen and oxygen atoms in total. The first-order valence-electron chi connectivity index (χ1n) is 8.41. The summed E-state index contributed by atoms with van der Waals surface area (Å²) in [7, 11) is -3.79. The van der Waals surface area contributed by atoms with Crippen LogP contribution in [0.1, 0.15) is 15.4 Å². The third-order valence-corrected chi connectivity index (χ3v) is 6.43. The Labute approximate surface area is 169 Å². The highest BCUT2D eigenvalue weighted by atomic mass is 32.2. The number of aromatic nitrogens is 2. The van der Waals surface area contributed by atoms with Gasteiger partial charge in [0.2, 0.25) is 10.0 Å². The Morgan fingerprint density at radius 3 is 2.38 bits per heavy atom. The number of fused-ring (bicyclic) bond motifs is 1. The molecule has 0 aliphatic rings. The van der Waals surface area contributed by atoms with Crippen molar-refractivity contribution in [3.8, 4) is 11.3 Å². The third-order valence-electron chi connectivity index (χ3n) is 4.34. The molecule has 10 heteroatoms. The predicted octanol–water partition coefficient (Wildman–Crippen LogP) is 3.41. The number of nitrogens with two attached hydrogens (primary N) is 1. The van der Waals surface area contributed by atoms with Gasteiger partial charge in [-0.05, 0) is 55.5 Å². The lowest BCUT2D eigenvalue weighted by Gasteiger charge is -2.05. The van der Waals surface area contributed by atoms with Crippen molar-refractivity contribution in [3.63, 3.8) is 0 Å². The molecule has 0 saturated heterocycles. The van der Waals surface area contributed by atoms with E-state index in [4.69, 9.17) is 5.14 Å². The van der Waals surface area contributed by atoms with Crippen LogP contribution in [0.15, 0.2) is 59.6 Å². The number of halogens is 1. The molecule has 0 aliphatic carbocycles. The van der Waals surface area contributed by atoms with Gasteiger partial charge in [0.15, 0.2) is 4.96 Å². The predicted molar refractivity (Wildman–Crippen MR) is 109 cm³/mol. The summed E-state index contributed by atoms with van der Waals surface area (Å²) in [5, 5.41) is 7.80. The maximum atomic E-state index is 13.1. The molecule has 0 fully saturated rings. The number of carbonyl (C=O) groups excluding carboxylic acids is 1. The van der Waals surface area contributed by atoms with Gasteiger partial charge in [0, 0.05) is 23.1 Å². The van der Waals surface area contributed by atoms with Gasteiger partial charge in [-0.2, -0.15) is 0 Å². The smallest absolute Gasteiger partial charge is 0.267 e. The highest BCUT2D eigenvalue weighted by molar-refractivity contribution is 7.89. The lowest BCUT2D eigenvalue weighted by atomic mass is 10.2. The molecule has 0 atom stereocenters. The van der Waals surface area contributed by atoms with Crippen molar-refractivity contribution in [1.82, 2.24) is 9.38 Å². The Balaban J connectivity index is 1.59. The van der Waals surface area contributed by atoms with Crippen LogP contribution in [0.4, 0.5) is 10.1 Å². The lowest BCUT2D eigenvalue weighted by Crippen LogP contribution is -2.14. The molecular weight excluding hydrogens is 415 g/mol. The van der Waals surface area contributed by atoms with E-state index in [0.29, 0.717) is 26.9 Å². The zero-order valence-electron chi connectivity index (χ0n) is 15.1. The van der Waals surface area contributed by atoms with Gasteiger partial charge < -0.3 is 5.32 Å². The summed E-state index contributed by atoms with van der Waals surface area (Å²) in [6, 6.07) is 11.6. The van der Waals surface area contributed by atoms with Crippen molar-refractivity contribution in [2.45, 2.75) is 11.8 Å². The largest absolute Gasteiger partial charge is 0.321 e. The number of nitrogens with zero attached hydrogens (tertiary/aromatic N) is 2. The van der Waals surface area contributed by atoms with Crippen molar-refractivity contribution < 1.29 is 17.6 Å². The quantitative estimate of drug-likeness (QED) is 0.517. The summed E-state index contributed by atoms with van der Waals surface area (Å²) in [5.74, 6) is -0.647. The number of benzene rings is 2. The molecule has 0 aliphatic heterocycles. The Kier molecular flexibility index (Phi) is 4.69. The Hall–Kier alpha value is -3.08. The third kappa shape index (κ3) is 3.77. The molecule has 1 amide bonds. The summed E-state index contributed by atoms with van der Waals surface area (Å²) in [5.41, 5.74) is 2.62. The monoisotopic (exact) mass is 430 g/mol. The first kappa shape index (κ1) is 19.2. The number of anilines is 1. The molecule has 29 heavy (non-hydrogen) atoms. The van der Waals surface area contributed by atoms with Gasteiger partial charge in [-0.15, -0.1) is 0 Å². The number of hydrogen-bond acceptors (Lipinski definition) is 5. The number of rotatable bonds is 4. The molecule has 0 spiro atoms. The van der Waals surface area contributed by atoms with E-state index in [-0.39, 0.29) is 16.6 Å². The molecular formula is C19H15FN4O3S2. The first-order valence-corrected chi connectivity index (χ1v) is 10.8. The maximum Gasteiger partial charge on any atom is 0.267 e. The summed E-state index contributed by atoms with van der Waals surface area (Å²) in [6.07, 6.45) is 1.80. The van der Waals surface area contributed by atoms with E-state index in [1.165, 1.54) is 47.7 Å². The number of imidazole rings is 1. The van der Waals surface area contributed by atoms with Gasteiger partial charge in [-0.25, -0.2) is 22.9 Å². The fourth-order valence-corrected chi connectivity index (χ4v) is 4.36. The second-order valence-electron chi connectivity index (χ2n) is 6.33. The minimum Gasteiger partial charge on any atom is -0.321 e. The van der Waals surface area contributed by atoms with E-state index in [0.717, 1.165) is 5.56 Å². The highest BCUT2D eigenvalue weighted by Crippen LogP contribution is 2.28. The van der Waals surface area contributed by atoms with Crippen molar-refractivity contribution in [3.05, 3.63) is 71.1 Å². The molecule has 2 aromatic heterocycles. The topological polar surface area (TPSA) is 107 Å². The fourth-order valence-electron chi connectivity index (χ4n) is 2.84. The van der Waals surface area contributed by atoms with Gasteiger partial charge in [0.1, 0.15) is 10.7 Å². The molecule has 3 N–H and O–H groups in total. The van der Waals surface area contributed by atoms with Gasteiger partial charge in [-0.3, -0.25) is 9.20 Å². The van der Waals surface area contributed by atoms with Gasteiger partial charge >= 0.3 is 0 Å². The number of primary sulfonamides is 1. The van der Waals surface area contributed by atoms with Crippen LogP contribution < -0.4 is 10.5 Å². The standard InChI is InChI=1S/C19H15FN4O3S2/c1-11-17(18(25)22-14-6-8-15(9-7-14)29(21,26)27)28-19-23-16(10-24(11)19)12-2-4-13(20)5-3-12/h2-10H,1H3,(H,22,25)(H2,21,26,27). The first-order chi connectivity index (χ1) is 13.7. The minimum absolute atomic E-state index is 0.0328. The van der Waals surface area contributed by atoms with Gasteiger partial charge in [0.25, 0.3) is 5.91 Å². The van der Waals surface area contributed by atoms with Crippen LogP contribution in [0.2, 0.25) is 0 Å². The van der Waals surface area contributed by atoms with E-state index < -0.39 is 10.0 Å². The average molecular weight is 430 g/mol. The van der Waals surface area contributed by atoms with Crippen molar-refractivity contribution >= 4 is 37.9 Å². The van der Waals surface area contributed by atoms with Crippen LogP contribution in [-0.2, 0) is 10.0 Å². The maximum absolute atomic E-state index is 13.1. The summed E-state index contributed by atoms with van der Waals surface area (Å²) in [6.45, 7) is 1.80. The van der Waals surface area contributed by atoms with E-state index >= 15 is 0 Å². The van der Waals surface area contributed by atoms with E-state index in [2.05, 4.69) is 10.3 Å². The van der Waals surface area contributed by atoms with Crippen LogP contribution >= 0.6 is 11.3 Å². The molecule has 4 aromatic rings. The normalized spacial score (nSPS) is 11.7. The summed E-state index contributed by atoms with van der Waals surface area (Å²) in [4.78, 5) is 18.3. The average Bonchev–Trinajstić information content (AvgIpc) is 3.22. The zero-order chi connectivity index (χ0) is 20.8. The van der Waals surface area contributed by atoms with E-state index in [1.807, 2.05) is 4.40 Å². The van der Waals surface area contributed by atoms with Gasteiger partial charge in [-0.1, -0.05) is 11.3 Å². The molecule has 0 saturated carbocycles. The number of aryl methyl sites for hydroxylation is 1. The lowest BCUT2D eigenvalue weighted by molar-refractivity contribution is 0.102. The zero-order valence-corrected chi connectivity index (χ0v) is 16.7. The molecule has 0 unspecified atom stereocenters. The molecule has 2 aromatic carbocycles. The molecule has 0 bridgehead atoms. The second-order valence-corrected chi connectivity index (χ2v) is 8.86. The SMILES string of the molecule is Cc1c(C(=O)Nc2ccc(S(N)(=O)=O)cc2)sc2nc(-c3ccc(F)cc3)cn12. The van der Waals surface area contributed by atoms with Crippen molar-refractivity contribution in [2.75, 3.05) is 5.32 Å². The Bertz CT molecular complexity index is 1320. The number of hydrogen-bond donors (Lipinski definition) is 2.